The molecule has 192 valence electrons. The minimum atomic E-state index is -0.904. The number of carboxylic acid groups (broad SMARTS) is 1. The van der Waals surface area contributed by atoms with Gasteiger partial charge in [-0.25, -0.2) is 4.79 Å². The van der Waals surface area contributed by atoms with Gasteiger partial charge in [-0.05, 0) is 73.9 Å². The molecule has 0 radical (unpaired) electrons. The second kappa shape index (κ2) is 11.0. The molecule has 1 aromatic heterocycles. The van der Waals surface area contributed by atoms with Crippen LogP contribution in [0, 0.1) is 12.8 Å². The number of likely N-dealkylation sites (tertiary alicyclic amines) is 1. The molecule has 7 nitrogen and oxygen atoms in total. The van der Waals surface area contributed by atoms with Crippen LogP contribution in [-0.4, -0.2) is 60.5 Å². The predicted molar refractivity (Wildman–Crippen MR) is 139 cm³/mol. The van der Waals surface area contributed by atoms with Gasteiger partial charge < -0.3 is 24.3 Å². The number of aromatic nitrogens is 1. The molecular formula is C29H36N2O5. The Bertz CT molecular complexity index is 1180. The van der Waals surface area contributed by atoms with Gasteiger partial charge in [-0.15, -0.1) is 0 Å². The molecule has 2 saturated heterocycles. The summed E-state index contributed by atoms with van der Waals surface area (Å²) >= 11 is 0. The maximum atomic E-state index is 11.4. The summed E-state index contributed by atoms with van der Waals surface area (Å²) < 4.78 is 17.8. The number of nitrogens with one attached hydrogen (secondary N) is 1. The Morgan fingerprint density at radius 1 is 1.17 bits per heavy atom. The van der Waals surface area contributed by atoms with E-state index in [1.807, 2.05) is 18.3 Å². The van der Waals surface area contributed by atoms with Gasteiger partial charge in [-0.2, -0.15) is 0 Å². The summed E-state index contributed by atoms with van der Waals surface area (Å²) in [6.07, 6.45) is 6.15. The van der Waals surface area contributed by atoms with Crippen LogP contribution in [0.2, 0.25) is 0 Å². The molecule has 0 unspecified atom stereocenters. The average Bonchev–Trinajstić information content (AvgIpc) is 3.41. The number of aromatic carboxylic acids is 1. The quantitative estimate of drug-likeness (QED) is 0.442. The van der Waals surface area contributed by atoms with E-state index in [4.69, 9.17) is 14.2 Å². The van der Waals surface area contributed by atoms with Gasteiger partial charge in [0.15, 0.2) is 0 Å². The van der Waals surface area contributed by atoms with Gasteiger partial charge in [0.2, 0.25) is 0 Å². The third kappa shape index (κ3) is 5.28. The number of aromatic amines is 1. The van der Waals surface area contributed by atoms with Crippen molar-refractivity contribution < 1.29 is 24.1 Å². The first kappa shape index (κ1) is 24.8. The van der Waals surface area contributed by atoms with Crippen molar-refractivity contribution >= 4 is 16.9 Å². The Morgan fingerprint density at radius 3 is 2.67 bits per heavy atom. The second-order valence-corrected chi connectivity index (χ2v) is 10.1. The van der Waals surface area contributed by atoms with E-state index in [0.29, 0.717) is 11.5 Å². The van der Waals surface area contributed by atoms with Crippen molar-refractivity contribution in [3.05, 3.63) is 64.8 Å². The van der Waals surface area contributed by atoms with Crippen molar-refractivity contribution in [2.75, 3.05) is 33.5 Å². The van der Waals surface area contributed by atoms with Crippen LogP contribution in [0.4, 0.5) is 0 Å². The number of piperidine rings is 1. The second-order valence-electron chi connectivity index (χ2n) is 10.1. The van der Waals surface area contributed by atoms with E-state index < -0.39 is 5.97 Å². The first-order valence-corrected chi connectivity index (χ1v) is 12.9. The van der Waals surface area contributed by atoms with Crippen molar-refractivity contribution in [1.82, 2.24) is 9.88 Å². The summed E-state index contributed by atoms with van der Waals surface area (Å²) in [5, 5.41) is 10.6. The molecule has 0 saturated carbocycles. The molecule has 7 heteroatoms. The highest BCUT2D eigenvalue weighted by Gasteiger charge is 2.32. The number of rotatable bonds is 8. The average molecular weight is 493 g/mol. The Hall–Kier alpha value is -2.87. The van der Waals surface area contributed by atoms with Crippen LogP contribution < -0.4 is 4.74 Å². The van der Waals surface area contributed by atoms with Crippen molar-refractivity contribution in [2.24, 2.45) is 5.92 Å². The molecule has 3 aromatic rings. The summed E-state index contributed by atoms with van der Waals surface area (Å²) in [6, 6.07) is 11.7. The van der Waals surface area contributed by atoms with Crippen LogP contribution in [0.3, 0.4) is 0 Å². The monoisotopic (exact) mass is 492 g/mol. The lowest BCUT2D eigenvalue weighted by Crippen LogP contribution is -2.40. The maximum absolute atomic E-state index is 11.4. The number of hydrogen-bond acceptors (Lipinski definition) is 5. The van der Waals surface area contributed by atoms with Crippen LogP contribution >= 0.6 is 0 Å². The Labute approximate surface area is 212 Å². The molecule has 2 aromatic carbocycles. The van der Waals surface area contributed by atoms with Crippen LogP contribution in [0.15, 0.2) is 42.6 Å². The standard InChI is InChI=1S/C29H36N2O5/c1-19-15-27(34-2)25(24-7-11-30-28(19)24)17-31-12-8-23(36-18-20-9-13-35-14-10-20)16-26(31)21-3-5-22(6-4-21)29(32)33/h3-7,11,15,20,23,26,30H,8-10,12-14,16-18H2,1-2H3,(H,32,33)/t23-,26-/m1/s1. The molecule has 3 heterocycles. The zero-order valence-corrected chi connectivity index (χ0v) is 21.2. The molecule has 2 aliphatic rings. The molecule has 0 bridgehead atoms. The van der Waals surface area contributed by atoms with Crippen LogP contribution in [0.1, 0.15) is 58.8 Å². The summed E-state index contributed by atoms with van der Waals surface area (Å²) in [5.74, 6) is 0.570. The van der Waals surface area contributed by atoms with Crippen molar-refractivity contribution in [3.8, 4) is 5.75 Å². The highest BCUT2D eigenvalue weighted by atomic mass is 16.5. The number of H-pyrrole nitrogens is 1. The van der Waals surface area contributed by atoms with Crippen LogP contribution in [-0.2, 0) is 16.0 Å². The van der Waals surface area contributed by atoms with E-state index in [-0.39, 0.29) is 12.1 Å². The Balaban J connectivity index is 1.39. The number of carbonyl (C=O) groups is 1. The van der Waals surface area contributed by atoms with Gasteiger partial charge in [0.1, 0.15) is 5.75 Å². The molecule has 2 fully saturated rings. The number of carboxylic acids is 1. The number of nitrogens with zero attached hydrogens (tertiary/aromatic N) is 1. The van der Waals surface area contributed by atoms with Gasteiger partial charge in [0.05, 0.1) is 18.8 Å². The molecule has 2 atom stereocenters. The van der Waals surface area contributed by atoms with Gasteiger partial charge in [0, 0.05) is 61.6 Å². The van der Waals surface area contributed by atoms with E-state index in [1.165, 1.54) is 10.9 Å². The molecular weight excluding hydrogens is 456 g/mol. The fourth-order valence-electron chi connectivity index (χ4n) is 5.69. The third-order valence-electron chi connectivity index (χ3n) is 7.81. The topological polar surface area (TPSA) is 84.0 Å². The fraction of sp³-hybridized carbons (Fsp3) is 0.483. The number of methoxy groups -OCH3 is 1. The highest BCUT2D eigenvalue weighted by Crippen LogP contribution is 2.38. The molecule has 0 aliphatic carbocycles. The summed E-state index contributed by atoms with van der Waals surface area (Å²) in [4.78, 5) is 17.3. The normalized spacial score (nSPS) is 21.6. The molecule has 0 amide bonds. The lowest BCUT2D eigenvalue weighted by atomic mass is 9.91. The SMILES string of the molecule is COc1cc(C)c2[nH]ccc2c1CN1CC[C@@H](OCC2CCOCC2)C[C@@H]1c1ccc(C(=O)O)cc1. The van der Waals surface area contributed by atoms with Crippen LogP contribution in [0.5, 0.6) is 5.75 Å². The molecule has 36 heavy (non-hydrogen) atoms. The fourth-order valence-corrected chi connectivity index (χ4v) is 5.69. The summed E-state index contributed by atoms with van der Waals surface area (Å²) in [7, 11) is 1.73. The summed E-state index contributed by atoms with van der Waals surface area (Å²) in [5.41, 5.74) is 4.91. The zero-order chi connectivity index (χ0) is 25.1. The van der Waals surface area contributed by atoms with Gasteiger partial charge >= 0.3 is 5.97 Å². The lowest BCUT2D eigenvalue weighted by Gasteiger charge is -2.40. The van der Waals surface area contributed by atoms with Crippen molar-refractivity contribution in [1.29, 1.82) is 0 Å². The first-order chi connectivity index (χ1) is 17.5. The lowest BCUT2D eigenvalue weighted by molar-refractivity contribution is -0.0483. The van der Waals surface area contributed by atoms with E-state index in [9.17, 15) is 9.90 Å². The molecule has 2 N–H and O–H groups in total. The number of hydrogen-bond donors (Lipinski definition) is 2. The Kier molecular flexibility index (Phi) is 7.60. The number of aryl methyl sites for hydroxylation is 1. The van der Waals surface area contributed by atoms with E-state index in [2.05, 4.69) is 28.9 Å². The zero-order valence-electron chi connectivity index (χ0n) is 21.2. The van der Waals surface area contributed by atoms with E-state index in [1.54, 1.807) is 19.2 Å². The molecule has 5 rings (SSSR count). The first-order valence-electron chi connectivity index (χ1n) is 12.9. The van der Waals surface area contributed by atoms with Gasteiger partial charge in [0.25, 0.3) is 0 Å². The predicted octanol–water partition coefficient (Wildman–Crippen LogP) is 5.33. The minimum Gasteiger partial charge on any atom is -0.496 e. The van der Waals surface area contributed by atoms with Gasteiger partial charge in [-0.3, -0.25) is 4.90 Å². The molecule has 2 aliphatic heterocycles. The molecule has 0 spiro atoms. The number of fused-ring (bicyclic) bond motifs is 1. The summed E-state index contributed by atoms with van der Waals surface area (Å²) in [6.45, 7) is 6.18. The van der Waals surface area contributed by atoms with E-state index in [0.717, 1.165) is 81.0 Å². The number of benzene rings is 2. The van der Waals surface area contributed by atoms with Crippen molar-refractivity contribution in [3.63, 3.8) is 0 Å². The third-order valence-corrected chi connectivity index (χ3v) is 7.81. The Morgan fingerprint density at radius 2 is 1.94 bits per heavy atom. The smallest absolute Gasteiger partial charge is 0.335 e. The van der Waals surface area contributed by atoms with Crippen molar-refractivity contribution in [2.45, 2.75) is 51.3 Å². The maximum Gasteiger partial charge on any atom is 0.335 e. The van der Waals surface area contributed by atoms with Gasteiger partial charge in [-0.1, -0.05) is 12.1 Å². The van der Waals surface area contributed by atoms with E-state index >= 15 is 0 Å². The van der Waals surface area contributed by atoms with Crippen LogP contribution in [0.25, 0.3) is 10.9 Å². The highest BCUT2D eigenvalue weighted by molar-refractivity contribution is 5.88. The number of ether oxygens (including phenoxy) is 3. The minimum absolute atomic E-state index is 0.126. The largest absolute Gasteiger partial charge is 0.496 e.